The highest BCUT2D eigenvalue weighted by molar-refractivity contribution is 6.13. The van der Waals surface area contributed by atoms with Crippen LogP contribution in [0.5, 0.6) is 0 Å². The molecule has 5 heteroatoms. The molecule has 3 aliphatic rings. The predicted molar refractivity (Wildman–Crippen MR) is 64.4 cm³/mol. The maximum absolute atomic E-state index is 11.7. The SMILES string of the molecule is CNCC1CC2CC1C(O)C2N1C(=O)C=CC1=O. The molecular weight excluding hydrogens is 232 g/mol. The third-order valence-corrected chi connectivity index (χ3v) is 4.67. The van der Waals surface area contributed by atoms with E-state index < -0.39 is 6.10 Å². The third-order valence-electron chi connectivity index (χ3n) is 4.67. The van der Waals surface area contributed by atoms with Crippen LogP contribution in [0.4, 0.5) is 0 Å². The number of hydrogen-bond donors (Lipinski definition) is 2. The van der Waals surface area contributed by atoms with Gasteiger partial charge in [0.2, 0.25) is 0 Å². The molecule has 5 unspecified atom stereocenters. The molecule has 0 aromatic rings. The van der Waals surface area contributed by atoms with Gasteiger partial charge in [-0.25, -0.2) is 0 Å². The molecule has 2 fully saturated rings. The van der Waals surface area contributed by atoms with Crippen LogP contribution in [0.15, 0.2) is 12.2 Å². The summed E-state index contributed by atoms with van der Waals surface area (Å²) in [4.78, 5) is 24.6. The Bertz CT molecular complexity index is 400. The van der Waals surface area contributed by atoms with Crippen molar-refractivity contribution >= 4 is 11.8 Å². The Hall–Kier alpha value is -1.20. The van der Waals surface area contributed by atoms with Crippen LogP contribution in [0, 0.1) is 17.8 Å². The van der Waals surface area contributed by atoms with Gasteiger partial charge in [0.15, 0.2) is 0 Å². The summed E-state index contributed by atoms with van der Waals surface area (Å²) in [5.74, 6) is 0.389. The Kier molecular flexibility index (Phi) is 2.75. The van der Waals surface area contributed by atoms with E-state index in [1.165, 1.54) is 17.1 Å². The molecule has 2 bridgehead atoms. The highest BCUT2D eigenvalue weighted by Gasteiger charge is 2.55. The van der Waals surface area contributed by atoms with Crippen LogP contribution < -0.4 is 5.32 Å². The van der Waals surface area contributed by atoms with E-state index in [0.29, 0.717) is 5.92 Å². The summed E-state index contributed by atoms with van der Waals surface area (Å²) in [5, 5.41) is 13.5. The molecule has 2 saturated carbocycles. The van der Waals surface area contributed by atoms with Crippen LogP contribution in [0.3, 0.4) is 0 Å². The lowest BCUT2D eigenvalue weighted by atomic mass is 9.83. The van der Waals surface area contributed by atoms with Crippen molar-refractivity contribution in [3.63, 3.8) is 0 Å². The van der Waals surface area contributed by atoms with E-state index in [-0.39, 0.29) is 29.7 Å². The first-order valence-electron chi connectivity index (χ1n) is 6.51. The lowest BCUT2D eigenvalue weighted by Gasteiger charge is -2.36. The molecule has 2 amide bonds. The van der Waals surface area contributed by atoms with Crippen molar-refractivity contribution in [1.82, 2.24) is 10.2 Å². The number of amides is 2. The minimum atomic E-state index is -0.560. The predicted octanol–water partition coefficient (Wildman–Crippen LogP) is -0.484. The van der Waals surface area contributed by atoms with Gasteiger partial charge in [-0.3, -0.25) is 14.5 Å². The van der Waals surface area contributed by atoms with Crippen molar-refractivity contribution in [1.29, 1.82) is 0 Å². The number of nitrogens with zero attached hydrogens (tertiary/aromatic N) is 1. The largest absolute Gasteiger partial charge is 0.391 e. The fourth-order valence-corrected chi connectivity index (χ4v) is 4.00. The summed E-state index contributed by atoms with van der Waals surface area (Å²) >= 11 is 0. The average molecular weight is 250 g/mol. The van der Waals surface area contributed by atoms with E-state index in [4.69, 9.17) is 0 Å². The number of rotatable bonds is 3. The minimum absolute atomic E-state index is 0.216. The summed E-state index contributed by atoms with van der Waals surface area (Å²) in [6, 6.07) is -0.307. The maximum Gasteiger partial charge on any atom is 0.253 e. The Labute approximate surface area is 106 Å². The van der Waals surface area contributed by atoms with Gasteiger partial charge in [0.25, 0.3) is 11.8 Å². The fraction of sp³-hybridized carbons (Fsp3) is 0.692. The molecule has 0 saturated heterocycles. The highest BCUT2D eigenvalue weighted by atomic mass is 16.3. The summed E-state index contributed by atoms with van der Waals surface area (Å²) in [6.45, 7) is 0.894. The van der Waals surface area contributed by atoms with Crippen molar-refractivity contribution in [3.05, 3.63) is 12.2 Å². The average Bonchev–Trinajstić information content (AvgIpc) is 2.96. The van der Waals surface area contributed by atoms with Gasteiger partial charge in [0, 0.05) is 12.2 Å². The Morgan fingerprint density at radius 1 is 1.33 bits per heavy atom. The first kappa shape index (κ1) is 11.9. The normalized spacial score (nSPS) is 42.3. The first-order valence-corrected chi connectivity index (χ1v) is 6.51. The van der Waals surface area contributed by atoms with Gasteiger partial charge in [0.1, 0.15) is 0 Å². The first-order chi connectivity index (χ1) is 8.63. The number of carbonyl (C=O) groups excluding carboxylic acids is 2. The molecule has 0 radical (unpaired) electrons. The number of fused-ring (bicyclic) bond motifs is 2. The highest BCUT2D eigenvalue weighted by Crippen LogP contribution is 2.50. The van der Waals surface area contributed by atoms with Gasteiger partial charge in [-0.2, -0.15) is 0 Å². The van der Waals surface area contributed by atoms with E-state index in [2.05, 4.69) is 5.32 Å². The molecule has 2 N–H and O–H groups in total. The lowest BCUT2D eigenvalue weighted by Crippen LogP contribution is -2.52. The second kappa shape index (κ2) is 4.17. The van der Waals surface area contributed by atoms with Gasteiger partial charge in [0.05, 0.1) is 12.1 Å². The monoisotopic (exact) mass is 250 g/mol. The van der Waals surface area contributed by atoms with E-state index in [0.717, 1.165) is 19.4 Å². The van der Waals surface area contributed by atoms with Crippen LogP contribution in [0.1, 0.15) is 12.8 Å². The summed E-state index contributed by atoms with van der Waals surface area (Å²) < 4.78 is 0. The molecule has 0 aromatic carbocycles. The third kappa shape index (κ3) is 1.54. The summed E-state index contributed by atoms with van der Waals surface area (Å²) in [7, 11) is 1.91. The zero-order valence-corrected chi connectivity index (χ0v) is 10.4. The molecule has 1 aliphatic heterocycles. The smallest absolute Gasteiger partial charge is 0.253 e. The zero-order valence-electron chi connectivity index (χ0n) is 10.4. The van der Waals surface area contributed by atoms with E-state index in [9.17, 15) is 14.7 Å². The molecule has 5 nitrogen and oxygen atoms in total. The second-order valence-corrected chi connectivity index (χ2v) is 5.57. The molecule has 0 aromatic heterocycles. The number of hydrogen-bond acceptors (Lipinski definition) is 4. The fourth-order valence-electron chi connectivity index (χ4n) is 4.00. The maximum atomic E-state index is 11.7. The van der Waals surface area contributed by atoms with Crippen LogP contribution >= 0.6 is 0 Å². The van der Waals surface area contributed by atoms with Crippen molar-refractivity contribution in [2.24, 2.45) is 17.8 Å². The molecule has 5 atom stereocenters. The van der Waals surface area contributed by atoms with Gasteiger partial charge >= 0.3 is 0 Å². The second-order valence-electron chi connectivity index (χ2n) is 5.57. The molecule has 18 heavy (non-hydrogen) atoms. The summed E-state index contributed by atoms with van der Waals surface area (Å²) in [6.07, 6.45) is 3.95. The van der Waals surface area contributed by atoms with Crippen molar-refractivity contribution in [2.75, 3.05) is 13.6 Å². The summed E-state index contributed by atoms with van der Waals surface area (Å²) in [5.41, 5.74) is 0. The molecule has 3 rings (SSSR count). The van der Waals surface area contributed by atoms with Crippen molar-refractivity contribution in [2.45, 2.75) is 25.0 Å². The van der Waals surface area contributed by atoms with Gasteiger partial charge in [-0.1, -0.05) is 0 Å². The van der Waals surface area contributed by atoms with E-state index in [1.54, 1.807) is 0 Å². The van der Waals surface area contributed by atoms with Crippen LogP contribution in [0.25, 0.3) is 0 Å². The number of imide groups is 1. The van der Waals surface area contributed by atoms with Crippen LogP contribution in [-0.2, 0) is 9.59 Å². The molecule has 1 heterocycles. The molecule has 2 aliphatic carbocycles. The van der Waals surface area contributed by atoms with Gasteiger partial charge < -0.3 is 10.4 Å². The molecule has 0 spiro atoms. The van der Waals surface area contributed by atoms with Crippen LogP contribution in [0.2, 0.25) is 0 Å². The van der Waals surface area contributed by atoms with E-state index in [1.807, 2.05) is 7.05 Å². The lowest BCUT2D eigenvalue weighted by molar-refractivity contribution is -0.144. The quantitative estimate of drug-likeness (QED) is 0.664. The minimum Gasteiger partial charge on any atom is -0.391 e. The topological polar surface area (TPSA) is 69.6 Å². The number of aliphatic hydroxyl groups excluding tert-OH is 1. The van der Waals surface area contributed by atoms with Crippen LogP contribution in [-0.4, -0.2) is 47.6 Å². The molecular formula is C13H18N2O3. The molecule has 98 valence electrons. The van der Waals surface area contributed by atoms with Crippen molar-refractivity contribution < 1.29 is 14.7 Å². The van der Waals surface area contributed by atoms with Gasteiger partial charge in [-0.05, 0) is 44.2 Å². The zero-order chi connectivity index (χ0) is 12.9. The Morgan fingerprint density at radius 3 is 2.56 bits per heavy atom. The Morgan fingerprint density at radius 2 is 2.00 bits per heavy atom. The standard InChI is InChI=1S/C13H18N2O3/c1-14-6-8-4-7-5-9(8)13(18)12(7)15-10(16)2-3-11(15)17/h2-3,7-9,12-14,18H,4-6H2,1H3. The van der Waals surface area contributed by atoms with Gasteiger partial charge in [-0.15, -0.1) is 0 Å². The number of aliphatic hydroxyl groups is 1. The number of nitrogens with one attached hydrogen (secondary N) is 1. The number of carbonyl (C=O) groups is 2. The Balaban J connectivity index is 1.78. The van der Waals surface area contributed by atoms with Crippen molar-refractivity contribution in [3.8, 4) is 0 Å². The van der Waals surface area contributed by atoms with E-state index >= 15 is 0 Å².